The molecule has 0 aliphatic rings. The van der Waals surface area contributed by atoms with Gasteiger partial charge in [0.2, 0.25) is 5.95 Å². The Hall–Kier alpha value is -2.37. The number of hydrogen-bond donors (Lipinski definition) is 0. The molecule has 0 amide bonds. The van der Waals surface area contributed by atoms with Gasteiger partial charge < -0.3 is 4.74 Å². The number of nitrogens with zero attached hydrogens (tertiary/aromatic N) is 1. The molecule has 98 valence electrons. The molecule has 0 saturated heterocycles. The van der Waals surface area contributed by atoms with E-state index in [9.17, 15) is 18.0 Å². The number of aromatic nitrogens is 1. The minimum absolute atomic E-state index is 0.145. The van der Waals surface area contributed by atoms with E-state index < -0.39 is 23.6 Å². The molecule has 1 aromatic carbocycles. The summed E-state index contributed by atoms with van der Waals surface area (Å²) in [5, 5.41) is 0. The van der Waals surface area contributed by atoms with Crippen molar-refractivity contribution in [2.75, 3.05) is 7.11 Å². The molecule has 2 aromatic rings. The van der Waals surface area contributed by atoms with Gasteiger partial charge in [0.15, 0.2) is 11.6 Å². The van der Waals surface area contributed by atoms with Crippen molar-refractivity contribution in [3.63, 3.8) is 0 Å². The van der Waals surface area contributed by atoms with Crippen molar-refractivity contribution in [2.45, 2.75) is 0 Å². The maximum atomic E-state index is 13.7. The monoisotopic (exact) mass is 267 g/mol. The summed E-state index contributed by atoms with van der Waals surface area (Å²) < 4.78 is 44.5. The predicted octanol–water partition coefficient (Wildman–Crippen LogP) is 2.95. The molecule has 3 nitrogen and oxygen atoms in total. The summed E-state index contributed by atoms with van der Waals surface area (Å²) in [7, 11) is 1.12. The highest BCUT2D eigenvalue weighted by Gasteiger charge is 2.20. The molecule has 2 rings (SSSR count). The standard InChI is InChI=1S/C13H8F3NO2/c1-19-13(18)8-5-6-10(15)17-12(8)7-3-2-4-9(14)11(7)16/h2-6H,1H3. The van der Waals surface area contributed by atoms with Crippen molar-refractivity contribution in [1.29, 1.82) is 0 Å². The molecule has 0 N–H and O–H groups in total. The van der Waals surface area contributed by atoms with Crippen LogP contribution in [0.4, 0.5) is 13.2 Å². The second-order valence-electron chi connectivity index (χ2n) is 3.62. The molecule has 6 heteroatoms. The number of rotatable bonds is 2. The van der Waals surface area contributed by atoms with Gasteiger partial charge >= 0.3 is 5.97 Å². The highest BCUT2D eigenvalue weighted by atomic mass is 19.2. The van der Waals surface area contributed by atoms with Crippen molar-refractivity contribution in [2.24, 2.45) is 0 Å². The van der Waals surface area contributed by atoms with Crippen molar-refractivity contribution >= 4 is 5.97 Å². The van der Waals surface area contributed by atoms with Gasteiger partial charge in [-0.25, -0.2) is 18.6 Å². The van der Waals surface area contributed by atoms with Gasteiger partial charge in [-0.15, -0.1) is 0 Å². The first-order valence-electron chi connectivity index (χ1n) is 5.24. The summed E-state index contributed by atoms with van der Waals surface area (Å²) in [6, 6.07) is 5.39. The van der Waals surface area contributed by atoms with E-state index in [0.717, 1.165) is 25.3 Å². The number of pyridine rings is 1. The lowest BCUT2D eigenvalue weighted by Crippen LogP contribution is -2.07. The van der Waals surface area contributed by atoms with Crippen LogP contribution in [-0.2, 0) is 4.74 Å². The van der Waals surface area contributed by atoms with Crippen LogP contribution in [0.15, 0.2) is 30.3 Å². The van der Waals surface area contributed by atoms with Gasteiger partial charge in [0.1, 0.15) is 0 Å². The number of esters is 1. The molecule has 0 aliphatic heterocycles. The van der Waals surface area contributed by atoms with E-state index in [0.29, 0.717) is 0 Å². The molecule has 0 aliphatic carbocycles. The summed E-state index contributed by atoms with van der Waals surface area (Å²) in [6.07, 6.45) is 0. The Morgan fingerprint density at radius 1 is 1.16 bits per heavy atom. The fourth-order valence-corrected chi connectivity index (χ4v) is 1.60. The van der Waals surface area contributed by atoms with E-state index >= 15 is 0 Å². The number of carbonyl (C=O) groups is 1. The molecule has 0 bridgehead atoms. The van der Waals surface area contributed by atoms with Gasteiger partial charge in [-0.2, -0.15) is 4.39 Å². The molecule has 0 unspecified atom stereocenters. The first-order valence-corrected chi connectivity index (χ1v) is 5.24. The molecule has 0 atom stereocenters. The maximum absolute atomic E-state index is 13.7. The smallest absolute Gasteiger partial charge is 0.340 e. The predicted molar refractivity (Wildman–Crippen MR) is 60.9 cm³/mol. The Bertz CT molecular complexity index is 644. The van der Waals surface area contributed by atoms with E-state index in [2.05, 4.69) is 9.72 Å². The topological polar surface area (TPSA) is 39.2 Å². The van der Waals surface area contributed by atoms with Gasteiger partial charge in [-0.3, -0.25) is 0 Å². The third kappa shape index (κ3) is 2.42. The fraction of sp³-hybridized carbons (Fsp3) is 0.0769. The third-order valence-corrected chi connectivity index (χ3v) is 2.47. The highest BCUT2D eigenvalue weighted by molar-refractivity contribution is 5.96. The van der Waals surface area contributed by atoms with Crippen LogP contribution in [0.1, 0.15) is 10.4 Å². The number of methoxy groups -OCH3 is 1. The first kappa shape index (κ1) is 13.1. The van der Waals surface area contributed by atoms with E-state index in [1.54, 1.807) is 0 Å². The lowest BCUT2D eigenvalue weighted by atomic mass is 10.1. The second kappa shape index (κ2) is 5.09. The molecule has 0 saturated carbocycles. The van der Waals surface area contributed by atoms with Crippen LogP contribution < -0.4 is 0 Å². The summed E-state index contributed by atoms with van der Waals surface area (Å²) in [5.41, 5.74) is -0.753. The number of benzene rings is 1. The number of halogens is 3. The minimum atomic E-state index is -1.20. The zero-order valence-electron chi connectivity index (χ0n) is 9.78. The molecule has 0 radical (unpaired) electrons. The molecule has 1 aromatic heterocycles. The SMILES string of the molecule is COC(=O)c1ccc(F)nc1-c1cccc(F)c1F. The van der Waals surface area contributed by atoms with Crippen LogP contribution in [0.3, 0.4) is 0 Å². The quantitative estimate of drug-likeness (QED) is 0.620. The largest absolute Gasteiger partial charge is 0.465 e. The van der Waals surface area contributed by atoms with Gasteiger partial charge in [-0.05, 0) is 24.3 Å². The van der Waals surface area contributed by atoms with E-state index in [-0.39, 0.29) is 16.8 Å². The normalized spacial score (nSPS) is 10.3. The highest BCUT2D eigenvalue weighted by Crippen LogP contribution is 2.26. The average molecular weight is 267 g/mol. The Morgan fingerprint density at radius 2 is 1.89 bits per heavy atom. The molecule has 0 spiro atoms. The number of hydrogen-bond acceptors (Lipinski definition) is 3. The molecule has 19 heavy (non-hydrogen) atoms. The lowest BCUT2D eigenvalue weighted by molar-refractivity contribution is 0.0601. The van der Waals surface area contributed by atoms with Gasteiger partial charge in [0, 0.05) is 5.56 Å². The summed E-state index contributed by atoms with van der Waals surface area (Å²) in [4.78, 5) is 15.0. The average Bonchev–Trinajstić information content (AvgIpc) is 2.41. The van der Waals surface area contributed by atoms with Crippen LogP contribution in [-0.4, -0.2) is 18.1 Å². The van der Waals surface area contributed by atoms with Crippen molar-refractivity contribution < 1.29 is 22.7 Å². The number of ether oxygens (including phenoxy) is 1. The molecular formula is C13H8F3NO2. The Balaban J connectivity index is 2.70. The number of carbonyl (C=O) groups excluding carboxylic acids is 1. The minimum Gasteiger partial charge on any atom is -0.465 e. The molecule has 0 fully saturated rings. The van der Waals surface area contributed by atoms with Crippen LogP contribution in [0.25, 0.3) is 11.3 Å². The fourth-order valence-electron chi connectivity index (χ4n) is 1.60. The van der Waals surface area contributed by atoms with Crippen molar-refractivity contribution in [3.05, 3.63) is 53.5 Å². The Morgan fingerprint density at radius 3 is 2.58 bits per heavy atom. The third-order valence-electron chi connectivity index (χ3n) is 2.47. The Kier molecular flexibility index (Phi) is 3.50. The van der Waals surface area contributed by atoms with E-state index in [1.807, 2.05) is 0 Å². The van der Waals surface area contributed by atoms with Crippen LogP contribution in [0.5, 0.6) is 0 Å². The van der Waals surface area contributed by atoms with Crippen molar-refractivity contribution in [3.8, 4) is 11.3 Å². The van der Waals surface area contributed by atoms with E-state index in [4.69, 9.17) is 0 Å². The summed E-state index contributed by atoms with van der Waals surface area (Å²) in [5.74, 6) is -4.04. The van der Waals surface area contributed by atoms with Crippen LogP contribution in [0.2, 0.25) is 0 Å². The second-order valence-corrected chi connectivity index (χ2v) is 3.62. The zero-order valence-corrected chi connectivity index (χ0v) is 9.78. The van der Waals surface area contributed by atoms with Crippen LogP contribution >= 0.6 is 0 Å². The van der Waals surface area contributed by atoms with Gasteiger partial charge in [0.25, 0.3) is 0 Å². The van der Waals surface area contributed by atoms with Crippen LogP contribution in [0, 0.1) is 17.6 Å². The Labute approximate surface area is 106 Å². The molecule has 1 heterocycles. The maximum Gasteiger partial charge on any atom is 0.340 e. The van der Waals surface area contributed by atoms with Gasteiger partial charge in [-0.1, -0.05) is 6.07 Å². The first-order chi connectivity index (χ1) is 9.04. The van der Waals surface area contributed by atoms with E-state index in [1.165, 1.54) is 12.1 Å². The zero-order chi connectivity index (χ0) is 14.0. The molecular weight excluding hydrogens is 259 g/mol. The lowest BCUT2D eigenvalue weighted by Gasteiger charge is -2.08. The summed E-state index contributed by atoms with van der Waals surface area (Å²) in [6.45, 7) is 0. The summed E-state index contributed by atoms with van der Waals surface area (Å²) >= 11 is 0. The van der Waals surface area contributed by atoms with Crippen molar-refractivity contribution in [1.82, 2.24) is 4.98 Å². The van der Waals surface area contributed by atoms with Gasteiger partial charge in [0.05, 0.1) is 18.4 Å².